The van der Waals surface area contributed by atoms with E-state index < -0.39 is 5.97 Å². The maximum Gasteiger partial charge on any atom is 0.303 e. The summed E-state index contributed by atoms with van der Waals surface area (Å²) in [6, 6.07) is 5.97. The summed E-state index contributed by atoms with van der Waals surface area (Å²) >= 11 is 0. The number of H-pyrrole nitrogens is 1. The van der Waals surface area contributed by atoms with E-state index in [0.29, 0.717) is 42.5 Å². The first-order valence-electron chi connectivity index (χ1n) is 11.9. The number of methoxy groups -OCH3 is 2. The number of rotatable bonds is 15. The van der Waals surface area contributed by atoms with Crippen LogP contribution in [0.1, 0.15) is 60.8 Å². The Balaban J connectivity index is 2.01. The van der Waals surface area contributed by atoms with Gasteiger partial charge in [-0.2, -0.15) is 10.2 Å². The largest absolute Gasteiger partial charge is 0.496 e. The maximum absolute atomic E-state index is 11.3. The van der Waals surface area contributed by atoms with Gasteiger partial charge in [0.2, 0.25) is 5.95 Å². The van der Waals surface area contributed by atoms with Crippen LogP contribution < -0.4 is 15.8 Å². The van der Waals surface area contributed by atoms with Crippen LogP contribution >= 0.6 is 0 Å². The van der Waals surface area contributed by atoms with Crippen molar-refractivity contribution in [1.29, 1.82) is 0 Å². The zero-order valence-electron chi connectivity index (χ0n) is 21.0. The topological polar surface area (TPSA) is 174 Å². The molecule has 36 heavy (non-hydrogen) atoms. The van der Waals surface area contributed by atoms with Crippen LogP contribution in [-0.4, -0.2) is 68.5 Å². The molecule has 12 heteroatoms. The van der Waals surface area contributed by atoms with Crippen LogP contribution in [-0.2, 0) is 28.8 Å². The van der Waals surface area contributed by atoms with Crippen LogP contribution in [0.25, 0.3) is 0 Å². The van der Waals surface area contributed by atoms with Gasteiger partial charge in [0, 0.05) is 44.6 Å². The number of aryl methyl sites for hydroxylation is 1. The van der Waals surface area contributed by atoms with Crippen molar-refractivity contribution in [3.05, 3.63) is 46.4 Å². The van der Waals surface area contributed by atoms with Gasteiger partial charge >= 0.3 is 5.97 Å². The third-order valence-electron chi connectivity index (χ3n) is 5.80. The van der Waals surface area contributed by atoms with Crippen LogP contribution in [0.15, 0.2) is 18.2 Å². The summed E-state index contributed by atoms with van der Waals surface area (Å²) < 4.78 is 10.9. The lowest BCUT2D eigenvalue weighted by molar-refractivity contribution is -0.136. The second-order valence-corrected chi connectivity index (χ2v) is 8.49. The van der Waals surface area contributed by atoms with E-state index >= 15 is 0 Å². The van der Waals surface area contributed by atoms with Crippen LogP contribution in [0.2, 0.25) is 0 Å². The summed E-state index contributed by atoms with van der Waals surface area (Å²) in [6.07, 6.45) is 3.77. The van der Waals surface area contributed by atoms with E-state index in [4.69, 9.17) is 15.2 Å². The summed E-state index contributed by atoms with van der Waals surface area (Å²) in [7, 11) is 3.29. The number of aromatic nitrogens is 6. The van der Waals surface area contributed by atoms with Gasteiger partial charge in [0.05, 0.1) is 19.2 Å². The highest BCUT2D eigenvalue weighted by atomic mass is 16.5. The lowest BCUT2D eigenvalue weighted by atomic mass is 9.97. The molecule has 0 aliphatic rings. The number of tetrazole rings is 1. The number of anilines is 2. The molecule has 0 unspecified atom stereocenters. The van der Waals surface area contributed by atoms with E-state index in [9.17, 15) is 9.90 Å². The van der Waals surface area contributed by atoms with Gasteiger partial charge in [-0.15, -0.1) is 10.2 Å². The molecule has 0 fully saturated rings. The van der Waals surface area contributed by atoms with E-state index in [-0.39, 0.29) is 24.8 Å². The summed E-state index contributed by atoms with van der Waals surface area (Å²) in [6.45, 7) is 2.72. The first-order valence-corrected chi connectivity index (χ1v) is 11.9. The van der Waals surface area contributed by atoms with E-state index in [1.165, 1.54) is 0 Å². The molecule has 0 saturated carbocycles. The summed E-state index contributed by atoms with van der Waals surface area (Å²) in [5.74, 6) is 1.07. The number of hydrogen-bond donors (Lipinski definition) is 4. The molecule has 5 N–H and O–H groups in total. The molecule has 0 aliphatic carbocycles. The fraction of sp³-hybridized carbons (Fsp3) is 0.500. The molecule has 3 rings (SSSR count). The number of nitrogens with zero attached hydrogens (tertiary/aromatic N) is 5. The molecule has 1 atom stereocenters. The first kappa shape index (κ1) is 26.8. The number of carboxylic acid groups (broad SMARTS) is 1. The number of nitrogens with one attached hydrogen (secondary N) is 2. The molecular weight excluding hydrogens is 464 g/mol. The monoisotopic (exact) mass is 498 g/mol. The maximum atomic E-state index is 11.3. The number of nitrogens with two attached hydrogens (primary N) is 1. The lowest BCUT2D eigenvalue weighted by Crippen LogP contribution is -2.24. The van der Waals surface area contributed by atoms with Gasteiger partial charge < -0.3 is 25.6 Å². The third-order valence-corrected chi connectivity index (χ3v) is 5.80. The van der Waals surface area contributed by atoms with E-state index in [1.807, 2.05) is 18.2 Å². The number of aliphatic carboxylic acids is 1. The zero-order chi connectivity index (χ0) is 25.9. The molecular formula is C24H34N8O4. The predicted octanol–water partition coefficient (Wildman–Crippen LogP) is 2.40. The Bertz CT molecular complexity index is 1120. The Kier molecular flexibility index (Phi) is 9.92. The average molecular weight is 499 g/mol. The standard InChI is InChI=1S/C24H34N8O4/c1-4-5-17(10-11-35-2)26-23-18(19(7-9-22(33)34)27-24(25)28-23)14-16-12-15(6-8-20(16)36-3)13-21-29-31-32-30-21/h6,8,12,17H,4-5,7,9-11,13-14H2,1-3H3,(H,33,34)(H3,25,26,27,28)(H,29,30,31,32)/t17-/m0/s1. The van der Waals surface area contributed by atoms with Crippen molar-refractivity contribution in [2.45, 2.75) is 57.9 Å². The summed E-state index contributed by atoms with van der Waals surface area (Å²) in [5.41, 5.74) is 9.32. The average Bonchev–Trinajstić information content (AvgIpc) is 3.36. The van der Waals surface area contributed by atoms with Gasteiger partial charge in [0.15, 0.2) is 5.82 Å². The number of aromatic amines is 1. The highest BCUT2D eigenvalue weighted by Gasteiger charge is 2.20. The molecule has 1 aromatic carbocycles. The van der Waals surface area contributed by atoms with Crippen molar-refractivity contribution in [3.8, 4) is 5.75 Å². The van der Waals surface area contributed by atoms with Crippen LogP contribution in [0.3, 0.4) is 0 Å². The normalized spacial score (nSPS) is 11.9. The van der Waals surface area contributed by atoms with Crippen molar-refractivity contribution in [3.63, 3.8) is 0 Å². The molecule has 2 heterocycles. The number of hydrogen-bond acceptors (Lipinski definition) is 10. The van der Waals surface area contributed by atoms with E-state index in [0.717, 1.165) is 36.0 Å². The number of carbonyl (C=O) groups is 1. The number of ether oxygens (including phenoxy) is 2. The Morgan fingerprint density at radius 1 is 1.22 bits per heavy atom. The SMILES string of the molecule is CCC[C@@H](CCOC)Nc1nc(N)nc(CCC(=O)O)c1Cc1cc(Cc2nn[nH]n2)ccc1OC. The van der Waals surface area contributed by atoms with Crippen LogP contribution in [0.5, 0.6) is 5.75 Å². The molecule has 0 bridgehead atoms. The van der Waals surface area contributed by atoms with Gasteiger partial charge in [0.1, 0.15) is 11.6 Å². The van der Waals surface area contributed by atoms with Gasteiger partial charge in [-0.05, 0) is 30.0 Å². The molecule has 12 nitrogen and oxygen atoms in total. The Morgan fingerprint density at radius 3 is 2.72 bits per heavy atom. The van der Waals surface area contributed by atoms with Crippen molar-refractivity contribution in [2.75, 3.05) is 31.9 Å². The fourth-order valence-electron chi connectivity index (χ4n) is 4.09. The van der Waals surface area contributed by atoms with E-state index in [1.54, 1.807) is 14.2 Å². The van der Waals surface area contributed by atoms with Gasteiger partial charge in [-0.1, -0.05) is 30.7 Å². The molecule has 0 spiro atoms. The first-order chi connectivity index (χ1) is 17.4. The van der Waals surface area contributed by atoms with E-state index in [2.05, 4.69) is 42.8 Å². The molecule has 0 aliphatic heterocycles. The minimum absolute atomic E-state index is 0.0695. The second-order valence-electron chi connectivity index (χ2n) is 8.49. The predicted molar refractivity (Wildman–Crippen MR) is 134 cm³/mol. The zero-order valence-corrected chi connectivity index (χ0v) is 21.0. The molecule has 0 amide bonds. The molecule has 0 radical (unpaired) electrons. The molecule has 194 valence electrons. The molecule has 3 aromatic rings. The fourth-order valence-corrected chi connectivity index (χ4v) is 4.09. The van der Waals surface area contributed by atoms with Crippen molar-refractivity contribution >= 4 is 17.7 Å². The Morgan fingerprint density at radius 2 is 2.06 bits per heavy atom. The number of benzene rings is 1. The highest BCUT2D eigenvalue weighted by molar-refractivity contribution is 5.67. The van der Waals surface area contributed by atoms with Gasteiger partial charge in [-0.25, -0.2) is 4.98 Å². The van der Waals surface area contributed by atoms with Crippen molar-refractivity contribution in [2.24, 2.45) is 0 Å². The summed E-state index contributed by atoms with van der Waals surface area (Å²) in [5, 5.41) is 27.0. The van der Waals surface area contributed by atoms with Crippen LogP contribution in [0.4, 0.5) is 11.8 Å². The highest BCUT2D eigenvalue weighted by Crippen LogP contribution is 2.29. The van der Waals surface area contributed by atoms with Crippen LogP contribution in [0, 0.1) is 0 Å². The smallest absolute Gasteiger partial charge is 0.303 e. The molecule has 0 saturated heterocycles. The lowest BCUT2D eigenvalue weighted by Gasteiger charge is -2.22. The van der Waals surface area contributed by atoms with Crippen molar-refractivity contribution in [1.82, 2.24) is 30.6 Å². The number of carboxylic acids is 1. The Labute approximate surface area is 210 Å². The minimum atomic E-state index is -0.906. The summed E-state index contributed by atoms with van der Waals surface area (Å²) in [4.78, 5) is 20.3. The van der Waals surface area contributed by atoms with Gasteiger partial charge in [-0.3, -0.25) is 4.79 Å². The Hall–Kier alpha value is -3.80. The van der Waals surface area contributed by atoms with Crippen molar-refractivity contribution < 1.29 is 19.4 Å². The van der Waals surface area contributed by atoms with Gasteiger partial charge in [0.25, 0.3) is 0 Å². The minimum Gasteiger partial charge on any atom is -0.496 e. The molecule has 2 aromatic heterocycles. The quantitative estimate of drug-likeness (QED) is 0.242. The second kappa shape index (κ2) is 13.3. The number of nitrogen functional groups attached to an aromatic ring is 1. The third kappa shape index (κ3) is 7.60.